The van der Waals surface area contributed by atoms with Crippen LogP contribution in [0.5, 0.6) is 0 Å². The van der Waals surface area contributed by atoms with E-state index in [1.54, 1.807) is 0 Å². The van der Waals surface area contributed by atoms with E-state index in [9.17, 15) is 0 Å². The van der Waals surface area contributed by atoms with Gasteiger partial charge in [-0.25, -0.2) is 0 Å². The zero-order valence-corrected chi connectivity index (χ0v) is 12.4. The third-order valence-corrected chi connectivity index (χ3v) is 2.64. The van der Waals surface area contributed by atoms with Crippen LogP contribution in [0, 0.1) is 0 Å². The Balaban J connectivity index is -0.000000689. The molecule has 0 bridgehead atoms. The van der Waals surface area contributed by atoms with Crippen LogP contribution in [0.3, 0.4) is 0 Å². The van der Waals surface area contributed by atoms with Gasteiger partial charge in [-0.05, 0) is 25.0 Å². The van der Waals surface area contributed by atoms with Gasteiger partial charge in [0.2, 0.25) is 0 Å². The quantitative estimate of drug-likeness (QED) is 0.511. The molecule has 0 aromatic heterocycles. The van der Waals surface area contributed by atoms with Gasteiger partial charge in [-0.2, -0.15) is 0 Å². The Bertz CT molecular complexity index is 380. The minimum Gasteiger partial charge on any atom is -0.0877 e. The van der Waals surface area contributed by atoms with E-state index in [1.807, 2.05) is 20.8 Å². The fourth-order valence-corrected chi connectivity index (χ4v) is 1.68. The third kappa shape index (κ3) is 8.53. The monoisotopic (exact) mass is 274 g/mol. The third-order valence-electron chi connectivity index (χ3n) is 2.64. The van der Waals surface area contributed by atoms with Crippen LogP contribution in [0.25, 0.3) is 0 Å². The number of hydrogen-bond acceptors (Lipinski definition) is 0. The zero-order valence-electron chi connectivity index (χ0n) is 12.4. The molecule has 1 aromatic rings. The van der Waals surface area contributed by atoms with Crippen LogP contribution in [-0.4, -0.2) is 0 Å². The van der Waals surface area contributed by atoms with Gasteiger partial charge in [0.1, 0.15) is 0 Å². The topological polar surface area (TPSA) is 0 Å². The molecule has 0 aliphatic heterocycles. The van der Waals surface area contributed by atoms with Crippen LogP contribution >= 0.6 is 0 Å². The smallest absolute Gasteiger partial charge is 0.00608 e. The second kappa shape index (κ2) is 15.5. The molecule has 0 heterocycles. The lowest BCUT2D eigenvalue weighted by molar-refractivity contribution is 0.921. The van der Waals surface area contributed by atoms with E-state index in [4.69, 9.17) is 0 Å². The van der Waals surface area contributed by atoms with Gasteiger partial charge in [-0.15, -0.1) is 0 Å². The Labute approximate surface area is 127 Å². The average molecular weight is 274 g/mol. The molecular weight excluding hydrogens is 240 g/mol. The fourth-order valence-electron chi connectivity index (χ4n) is 1.68. The Hall–Kier alpha value is -1.56. The molecule has 114 valence electrons. The van der Waals surface area contributed by atoms with E-state index in [0.29, 0.717) is 5.92 Å². The maximum absolute atomic E-state index is 2.24. The molecule has 1 rings (SSSR count). The van der Waals surface area contributed by atoms with Gasteiger partial charge in [0.25, 0.3) is 0 Å². The minimum atomic E-state index is 0. The first kappa shape index (κ1) is 23.5. The summed E-state index contributed by atoms with van der Waals surface area (Å²) in [7, 11) is 0. The van der Waals surface area contributed by atoms with Gasteiger partial charge in [0.05, 0.1) is 0 Å². The molecule has 0 heteroatoms. The van der Waals surface area contributed by atoms with Crippen molar-refractivity contribution in [2.24, 2.45) is 0 Å². The van der Waals surface area contributed by atoms with Crippen molar-refractivity contribution in [2.45, 2.75) is 55.4 Å². The van der Waals surface area contributed by atoms with Gasteiger partial charge in [-0.3, -0.25) is 0 Å². The second-order valence-electron chi connectivity index (χ2n) is 3.82. The summed E-state index contributed by atoms with van der Waals surface area (Å²) in [5.41, 5.74) is 2.70. The van der Waals surface area contributed by atoms with Crippen molar-refractivity contribution in [3.05, 3.63) is 71.8 Å². The molecule has 0 radical (unpaired) electrons. The number of hydrogen-bond donors (Lipinski definition) is 0. The standard InChI is InChI=1S/C16H20.C2H6.2CH4/c1-4-6-11-15(10-5-2)14(3)16-12-8-7-9-13-16;1-2;;/h4-14H,1-3H3;1-2H3;2*1H4/b6-4-,10-5-,15-11+;;;. The summed E-state index contributed by atoms with van der Waals surface area (Å²) in [6.07, 6.45) is 10.6. The van der Waals surface area contributed by atoms with Crippen molar-refractivity contribution in [2.75, 3.05) is 0 Å². The van der Waals surface area contributed by atoms with Crippen molar-refractivity contribution in [1.29, 1.82) is 0 Å². The van der Waals surface area contributed by atoms with Crippen molar-refractivity contribution < 1.29 is 0 Å². The number of rotatable bonds is 4. The van der Waals surface area contributed by atoms with Crippen LogP contribution in [0.1, 0.15) is 61.0 Å². The lowest BCUT2D eigenvalue weighted by atomic mass is 9.92. The predicted molar refractivity (Wildman–Crippen MR) is 97.4 cm³/mol. The summed E-state index contributed by atoms with van der Waals surface area (Å²) in [6, 6.07) is 10.6. The molecule has 0 nitrogen and oxygen atoms in total. The molecular formula is C20H34. The van der Waals surface area contributed by atoms with E-state index in [1.165, 1.54) is 11.1 Å². The Morgan fingerprint density at radius 1 is 0.950 bits per heavy atom. The molecule has 0 saturated heterocycles. The zero-order chi connectivity index (χ0) is 13.8. The summed E-state index contributed by atoms with van der Waals surface area (Å²) >= 11 is 0. The SMILES string of the molecule is C.C.CC.C\C=C/C=C(\C=C/C)C(C)c1ccccc1. The highest BCUT2D eigenvalue weighted by Crippen LogP contribution is 2.24. The van der Waals surface area contributed by atoms with E-state index < -0.39 is 0 Å². The first-order valence-corrected chi connectivity index (χ1v) is 6.80. The first-order valence-electron chi connectivity index (χ1n) is 6.80. The van der Waals surface area contributed by atoms with E-state index in [-0.39, 0.29) is 14.9 Å². The van der Waals surface area contributed by atoms with Gasteiger partial charge < -0.3 is 0 Å². The molecule has 0 amide bonds. The van der Waals surface area contributed by atoms with Crippen LogP contribution in [-0.2, 0) is 0 Å². The van der Waals surface area contributed by atoms with E-state index >= 15 is 0 Å². The normalized spacial score (nSPS) is 12.2. The molecule has 0 aliphatic carbocycles. The summed E-state index contributed by atoms with van der Waals surface area (Å²) in [5.74, 6) is 0.439. The van der Waals surface area contributed by atoms with Crippen LogP contribution in [0.4, 0.5) is 0 Å². The highest BCUT2D eigenvalue weighted by Gasteiger charge is 2.07. The largest absolute Gasteiger partial charge is 0.0877 e. The van der Waals surface area contributed by atoms with Gasteiger partial charge >= 0.3 is 0 Å². The number of allylic oxidation sites excluding steroid dienone is 6. The van der Waals surface area contributed by atoms with Crippen LogP contribution in [0.15, 0.2) is 66.3 Å². The van der Waals surface area contributed by atoms with Crippen molar-refractivity contribution in [1.82, 2.24) is 0 Å². The highest BCUT2D eigenvalue weighted by molar-refractivity contribution is 5.36. The van der Waals surface area contributed by atoms with Gasteiger partial charge in [0.15, 0.2) is 0 Å². The molecule has 0 N–H and O–H groups in total. The molecule has 0 spiro atoms. The molecule has 1 aromatic carbocycles. The second-order valence-corrected chi connectivity index (χ2v) is 3.82. The Morgan fingerprint density at radius 3 is 1.95 bits per heavy atom. The molecule has 0 aliphatic rings. The first-order chi connectivity index (χ1) is 8.79. The lowest BCUT2D eigenvalue weighted by Crippen LogP contribution is -1.95. The molecule has 0 fully saturated rings. The summed E-state index contributed by atoms with van der Waals surface area (Å²) in [5, 5.41) is 0. The summed E-state index contributed by atoms with van der Waals surface area (Å²) in [6.45, 7) is 10.3. The lowest BCUT2D eigenvalue weighted by Gasteiger charge is -2.12. The molecule has 1 atom stereocenters. The fraction of sp³-hybridized carbons (Fsp3) is 0.400. The van der Waals surface area contributed by atoms with Crippen LogP contribution in [0.2, 0.25) is 0 Å². The van der Waals surface area contributed by atoms with Crippen molar-refractivity contribution >= 4 is 0 Å². The maximum Gasteiger partial charge on any atom is 0.00608 e. The average Bonchev–Trinajstić information content (AvgIpc) is 2.46. The van der Waals surface area contributed by atoms with Crippen LogP contribution < -0.4 is 0 Å². The highest BCUT2D eigenvalue weighted by atomic mass is 14.1. The maximum atomic E-state index is 2.24. The molecule has 0 saturated carbocycles. The Morgan fingerprint density at radius 2 is 1.50 bits per heavy atom. The van der Waals surface area contributed by atoms with Gasteiger partial charge in [0, 0.05) is 5.92 Å². The minimum absolute atomic E-state index is 0. The van der Waals surface area contributed by atoms with Crippen molar-refractivity contribution in [3.8, 4) is 0 Å². The summed E-state index contributed by atoms with van der Waals surface area (Å²) < 4.78 is 0. The molecule has 20 heavy (non-hydrogen) atoms. The van der Waals surface area contributed by atoms with E-state index in [0.717, 1.165) is 0 Å². The summed E-state index contributed by atoms with van der Waals surface area (Å²) in [4.78, 5) is 0. The van der Waals surface area contributed by atoms with E-state index in [2.05, 4.69) is 74.6 Å². The molecule has 1 unspecified atom stereocenters. The number of benzene rings is 1. The van der Waals surface area contributed by atoms with Crippen molar-refractivity contribution in [3.63, 3.8) is 0 Å². The predicted octanol–water partition coefficient (Wildman–Crippen LogP) is 7.17. The Kier molecular flexibility index (Phi) is 18.2. The van der Waals surface area contributed by atoms with Gasteiger partial charge in [-0.1, -0.05) is 96.3 Å².